The molecule has 1 aliphatic heterocycles. The van der Waals surface area contributed by atoms with Crippen LogP contribution < -0.4 is 5.73 Å². The Morgan fingerprint density at radius 3 is 2.52 bits per heavy atom. The number of amides is 1. The van der Waals surface area contributed by atoms with Crippen molar-refractivity contribution in [3.63, 3.8) is 0 Å². The van der Waals surface area contributed by atoms with E-state index in [0.717, 1.165) is 30.8 Å². The number of thiophene rings is 1. The van der Waals surface area contributed by atoms with Crippen LogP contribution in [0.25, 0.3) is 10.4 Å². The van der Waals surface area contributed by atoms with Crippen LogP contribution in [0.2, 0.25) is 0 Å². The summed E-state index contributed by atoms with van der Waals surface area (Å²) in [5.74, 6) is 0.806. The monoisotopic (exact) mass is 424 g/mol. The van der Waals surface area contributed by atoms with E-state index in [4.69, 9.17) is 5.73 Å². The number of halogens is 1. The maximum absolute atomic E-state index is 13.3. The highest BCUT2D eigenvalue weighted by Gasteiger charge is 2.36. The molecular formula is C24H25ClN2OS. The summed E-state index contributed by atoms with van der Waals surface area (Å²) in [6, 6.07) is 21.2. The molecule has 2 atom stereocenters. The van der Waals surface area contributed by atoms with Gasteiger partial charge in [0.2, 0.25) is 0 Å². The summed E-state index contributed by atoms with van der Waals surface area (Å²) in [6.07, 6.45) is 2.08. The second kappa shape index (κ2) is 8.31. The van der Waals surface area contributed by atoms with Gasteiger partial charge in [-0.25, -0.2) is 0 Å². The zero-order chi connectivity index (χ0) is 19.1. The van der Waals surface area contributed by atoms with Crippen LogP contribution in [0.5, 0.6) is 0 Å². The number of nitrogens with zero attached hydrogens (tertiary/aromatic N) is 1. The number of rotatable bonds is 3. The van der Waals surface area contributed by atoms with Gasteiger partial charge in [0, 0.05) is 23.9 Å². The number of fused-ring (bicyclic) bond motifs is 3. The van der Waals surface area contributed by atoms with Gasteiger partial charge in [-0.15, -0.1) is 23.7 Å². The summed E-state index contributed by atoms with van der Waals surface area (Å²) in [7, 11) is 0. The predicted molar refractivity (Wildman–Crippen MR) is 122 cm³/mol. The predicted octanol–water partition coefficient (Wildman–Crippen LogP) is 4.75. The van der Waals surface area contributed by atoms with Gasteiger partial charge in [-0.05, 0) is 53.6 Å². The van der Waals surface area contributed by atoms with Crippen molar-refractivity contribution in [3.8, 4) is 10.4 Å². The van der Waals surface area contributed by atoms with Gasteiger partial charge < -0.3 is 10.6 Å². The van der Waals surface area contributed by atoms with Gasteiger partial charge >= 0.3 is 0 Å². The highest BCUT2D eigenvalue weighted by Crippen LogP contribution is 2.41. The summed E-state index contributed by atoms with van der Waals surface area (Å²) in [5.41, 5.74) is 11.4. The van der Waals surface area contributed by atoms with E-state index in [1.165, 1.54) is 27.1 Å². The molecule has 0 radical (unpaired) electrons. The Kier molecular flexibility index (Phi) is 5.77. The van der Waals surface area contributed by atoms with Crippen LogP contribution in [0.4, 0.5) is 0 Å². The summed E-state index contributed by atoms with van der Waals surface area (Å²) >= 11 is 1.66. The molecule has 29 heavy (non-hydrogen) atoms. The molecule has 2 heterocycles. The van der Waals surface area contributed by atoms with Crippen LogP contribution in [0.1, 0.15) is 32.3 Å². The van der Waals surface area contributed by atoms with Gasteiger partial charge in [0.15, 0.2) is 0 Å². The maximum Gasteiger partial charge on any atom is 0.263 e. The second-order valence-corrected chi connectivity index (χ2v) is 8.90. The highest BCUT2D eigenvalue weighted by molar-refractivity contribution is 7.17. The third-order valence-corrected chi connectivity index (χ3v) is 7.40. The lowest BCUT2D eigenvalue weighted by molar-refractivity contribution is 0.0791. The zero-order valence-corrected chi connectivity index (χ0v) is 17.8. The van der Waals surface area contributed by atoms with Crippen molar-refractivity contribution in [3.05, 3.63) is 82.2 Å². The number of hydrogen-bond acceptors (Lipinski definition) is 3. The van der Waals surface area contributed by atoms with Crippen molar-refractivity contribution in [1.82, 2.24) is 4.90 Å². The van der Waals surface area contributed by atoms with Crippen molar-refractivity contribution in [2.75, 3.05) is 19.6 Å². The van der Waals surface area contributed by atoms with Crippen molar-refractivity contribution < 1.29 is 4.79 Å². The van der Waals surface area contributed by atoms with Crippen LogP contribution in [-0.4, -0.2) is 30.4 Å². The molecule has 5 heteroatoms. The van der Waals surface area contributed by atoms with Gasteiger partial charge in [0.1, 0.15) is 0 Å². The molecule has 1 aliphatic carbocycles. The fraction of sp³-hybridized carbons (Fsp3) is 0.292. The number of carbonyl (C=O) groups excluding carboxylic acids is 1. The quantitative estimate of drug-likeness (QED) is 0.659. The fourth-order valence-corrected chi connectivity index (χ4v) is 5.93. The van der Waals surface area contributed by atoms with E-state index in [1.807, 2.05) is 11.0 Å². The average molecular weight is 425 g/mol. The number of aryl methyl sites for hydroxylation is 2. The Labute approximate surface area is 182 Å². The molecule has 0 saturated carbocycles. The average Bonchev–Trinajstić information content (AvgIpc) is 3.38. The molecule has 0 spiro atoms. The van der Waals surface area contributed by atoms with Gasteiger partial charge in [-0.3, -0.25) is 4.79 Å². The van der Waals surface area contributed by atoms with Crippen molar-refractivity contribution in [1.29, 1.82) is 0 Å². The second-order valence-electron chi connectivity index (χ2n) is 7.85. The smallest absolute Gasteiger partial charge is 0.263 e. The van der Waals surface area contributed by atoms with E-state index in [2.05, 4.69) is 54.6 Å². The van der Waals surface area contributed by atoms with E-state index in [9.17, 15) is 4.79 Å². The maximum atomic E-state index is 13.3. The number of carbonyl (C=O) groups is 1. The number of likely N-dealkylation sites (tertiary alicyclic amines) is 1. The standard InChI is InChI=1S/C24H24N2OS.ClH/c25-13-19-14-26(15-21(19)16-6-2-1-3-7-16)24(27)22-12-18-11-10-17-8-4-5-9-20(17)23(18)28-22;/h1-9,12,19,21H,10-11,13-15,25H2;1H/t19-,21+;/m1./s1. The first-order valence-electron chi connectivity index (χ1n) is 10.00. The third kappa shape index (κ3) is 3.61. The normalized spacial score (nSPS) is 20.0. The highest BCUT2D eigenvalue weighted by atomic mass is 35.5. The summed E-state index contributed by atoms with van der Waals surface area (Å²) in [4.78, 5) is 17.5. The lowest BCUT2D eigenvalue weighted by Crippen LogP contribution is -2.29. The van der Waals surface area contributed by atoms with Crippen LogP contribution in [0.15, 0.2) is 60.7 Å². The molecule has 0 bridgehead atoms. The Balaban J connectivity index is 0.00000205. The van der Waals surface area contributed by atoms with Crippen LogP contribution in [0.3, 0.4) is 0 Å². The number of nitrogens with two attached hydrogens (primary N) is 1. The van der Waals surface area contributed by atoms with Crippen LogP contribution >= 0.6 is 23.7 Å². The van der Waals surface area contributed by atoms with Crippen molar-refractivity contribution in [2.45, 2.75) is 18.8 Å². The van der Waals surface area contributed by atoms with Crippen molar-refractivity contribution in [2.24, 2.45) is 11.7 Å². The Morgan fingerprint density at radius 2 is 1.72 bits per heavy atom. The Morgan fingerprint density at radius 1 is 1.00 bits per heavy atom. The summed E-state index contributed by atoms with van der Waals surface area (Å²) in [6.45, 7) is 2.11. The lowest BCUT2D eigenvalue weighted by Gasteiger charge is -2.16. The summed E-state index contributed by atoms with van der Waals surface area (Å²) < 4.78 is 0. The molecule has 1 saturated heterocycles. The van der Waals surface area contributed by atoms with Gasteiger partial charge in [-0.1, -0.05) is 54.6 Å². The first kappa shape index (κ1) is 20.1. The molecule has 150 valence electrons. The molecule has 1 fully saturated rings. The molecule has 2 aliphatic rings. The van der Waals surface area contributed by atoms with E-state index in [0.29, 0.717) is 18.4 Å². The molecule has 1 aromatic heterocycles. The topological polar surface area (TPSA) is 46.3 Å². The Bertz CT molecular complexity index is 1020. The minimum atomic E-state index is 0. The summed E-state index contributed by atoms with van der Waals surface area (Å²) in [5, 5.41) is 0. The van der Waals surface area contributed by atoms with Crippen molar-refractivity contribution >= 4 is 29.7 Å². The Hall–Kier alpha value is -2.14. The third-order valence-electron chi connectivity index (χ3n) is 6.20. The number of hydrogen-bond donors (Lipinski definition) is 1. The first-order valence-corrected chi connectivity index (χ1v) is 10.8. The molecule has 3 nitrogen and oxygen atoms in total. The van der Waals surface area contributed by atoms with Crippen LogP contribution in [-0.2, 0) is 12.8 Å². The van der Waals surface area contributed by atoms with E-state index in [1.54, 1.807) is 11.3 Å². The molecule has 3 aromatic rings. The largest absolute Gasteiger partial charge is 0.337 e. The zero-order valence-electron chi connectivity index (χ0n) is 16.2. The van der Waals surface area contributed by atoms with E-state index >= 15 is 0 Å². The first-order chi connectivity index (χ1) is 13.7. The number of benzene rings is 2. The minimum Gasteiger partial charge on any atom is -0.337 e. The lowest BCUT2D eigenvalue weighted by atomic mass is 9.89. The molecule has 5 rings (SSSR count). The van der Waals surface area contributed by atoms with Gasteiger partial charge in [0.25, 0.3) is 5.91 Å². The minimum absolute atomic E-state index is 0. The molecule has 1 amide bonds. The van der Waals surface area contributed by atoms with E-state index < -0.39 is 0 Å². The van der Waals surface area contributed by atoms with Crippen LogP contribution in [0, 0.1) is 5.92 Å². The van der Waals surface area contributed by atoms with Gasteiger partial charge in [0.05, 0.1) is 4.88 Å². The fourth-order valence-electron chi connectivity index (χ4n) is 4.69. The molecule has 2 N–H and O–H groups in total. The van der Waals surface area contributed by atoms with Gasteiger partial charge in [-0.2, -0.15) is 0 Å². The molecule has 2 aromatic carbocycles. The molecular weight excluding hydrogens is 400 g/mol. The van der Waals surface area contributed by atoms with E-state index in [-0.39, 0.29) is 18.3 Å². The SMILES string of the molecule is Cl.NC[C@@H]1CN(C(=O)c2cc3c(s2)-c2ccccc2CC3)C[C@H]1c1ccccc1. The molecule has 0 unspecified atom stereocenters.